The second kappa shape index (κ2) is 19.0. The quantitative estimate of drug-likeness (QED) is 0.0644. The summed E-state index contributed by atoms with van der Waals surface area (Å²) in [5, 5.41) is 11.1. The van der Waals surface area contributed by atoms with E-state index in [0.717, 1.165) is 18.4 Å². The molecule has 0 aromatic rings. The lowest BCUT2D eigenvalue weighted by atomic mass is 9.90. The van der Waals surface area contributed by atoms with E-state index in [1.807, 2.05) is 66.7 Å². The van der Waals surface area contributed by atoms with Gasteiger partial charge in [-0.3, -0.25) is 0 Å². The fourth-order valence-corrected chi connectivity index (χ4v) is 5.91. The van der Waals surface area contributed by atoms with Crippen LogP contribution < -0.4 is 0 Å². The number of aliphatic hydroxyl groups excluding tert-OH is 1. The van der Waals surface area contributed by atoms with Gasteiger partial charge in [-0.2, -0.15) is 0 Å². The SMILES string of the molecule is CCOC(C)OC(CC)C(C)C1OC1CC(C)C=CC=C(C)C1OC(=O)C=CCCC(C)(OC(C)OCC)C(O)C=CC1C. The molecule has 0 saturated carbocycles. The zero-order chi connectivity index (χ0) is 32.9. The standard InChI is InChI=1S/C36H60O8/c1-11-30(41-28(8)39-12-2)27(7)35-31(42-35)23-24(4)17-16-18-25(5)34-26(6)20-21-32(37)36(10,44-29(9)40-13-3)22-15-14-19-33(38)43-34/h14,16-21,24,26-32,34-35,37H,11-13,15,22-23H2,1-10H3. The van der Waals surface area contributed by atoms with Crippen LogP contribution in [0.15, 0.2) is 48.1 Å². The first-order valence-electron chi connectivity index (χ1n) is 16.6. The van der Waals surface area contributed by atoms with E-state index in [2.05, 4.69) is 26.8 Å². The van der Waals surface area contributed by atoms with Crippen molar-refractivity contribution in [3.63, 3.8) is 0 Å². The summed E-state index contributed by atoms with van der Waals surface area (Å²) in [6.45, 7) is 21.2. The zero-order valence-electron chi connectivity index (χ0n) is 28.9. The first-order valence-corrected chi connectivity index (χ1v) is 16.6. The smallest absolute Gasteiger partial charge is 0.331 e. The van der Waals surface area contributed by atoms with Crippen LogP contribution in [-0.4, -0.2) is 73.0 Å². The minimum absolute atomic E-state index is 0.101. The highest BCUT2D eigenvalue weighted by molar-refractivity contribution is 5.82. The van der Waals surface area contributed by atoms with Gasteiger partial charge in [-0.15, -0.1) is 0 Å². The van der Waals surface area contributed by atoms with Crippen molar-refractivity contribution in [1.29, 1.82) is 0 Å². The summed E-state index contributed by atoms with van der Waals surface area (Å²) < 4.78 is 35.3. The summed E-state index contributed by atoms with van der Waals surface area (Å²) in [5.74, 6) is 0.0541. The number of carbonyl (C=O) groups is 1. The molecule has 2 rings (SSSR count). The van der Waals surface area contributed by atoms with Gasteiger partial charge in [0.05, 0.1) is 23.9 Å². The van der Waals surface area contributed by atoms with Gasteiger partial charge in [0.15, 0.2) is 12.6 Å². The molecule has 1 saturated heterocycles. The van der Waals surface area contributed by atoms with Crippen molar-refractivity contribution in [2.24, 2.45) is 17.8 Å². The van der Waals surface area contributed by atoms with Gasteiger partial charge in [0.1, 0.15) is 12.2 Å². The van der Waals surface area contributed by atoms with Crippen molar-refractivity contribution in [2.75, 3.05) is 13.2 Å². The van der Waals surface area contributed by atoms with Gasteiger partial charge in [0.2, 0.25) is 0 Å². The molecule has 2 heterocycles. The minimum atomic E-state index is -0.869. The average Bonchev–Trinajstić information content (AvgIpc) is 3.73. The number of aliphatic hydroxyl groups is 1. The number of rotatable bonds is 16. The highest BCUT2D eigenvalue weighted by Crippen LogP contribution is 2.37. The molecule has 1 N–H and O–H groups in total. The monoisotopic (exact) mass is 620 g/mol. The van der Waals surface area contributed by atoms with Crippen LogP contribution in [-0.2, 0) is 33.2 Å². The Morgan fingerprint density at radius 2 is 1.80 bits per heavy atom. The highest BCUT2D eigenvalue weighted by atomic mass is 16.7. The Bertz CT molecular complexity index is 973. The Kier molecular flexibility index (Phi) is 16.6. The Balaban J connectivity index is 2.03. The molecule has 8 heteroatoms. The van der Waals surface area contributed by atoms with Gasteiger partial charge in [0.25, 0.3) is 0 Å². The Labute approximate surface area is 266 Å². The van der Waals surface area contributed by atoms with E-state index in [1.54, 1.807) is 12.2 Å². The van der Waals surface area contributed by atoms with Crippen LogP contribution in [0.25, 0.3) is 0 Å². The van der Waals surface area contributed by atoms with Crippen LogP contribution in [0.3, 0.4) is 0 Å². The molecular formula is C36H60O8. The minimum Gasteiger partial charge on any atom is -0.454 e. The van der Waals surface area contributed by atoms with E-state index in [9.17, 15) is 9.90 Å². The van der Waals surface area contributed by atoms with Gasteiger partial charge >= 0.3 is 5.97 Å². The first-order chi connectivity index (χ1) is 20.8. The Morgan fingerprint density at radius 1 is 1.11 bits per heavy atom. The Hall–Kier alpha value is -1.81. The normalized spacial score (nSPS) is 31.9. The molecule has 2 aliphatic heterocycles. The lowest BCUT2D eigenvalue weighted by Gasteiger charge is -2.36. The van der Waals surface area contributed by atoms with Crippen LogP contribution in [0.5, 0.6) is 0 Å². The van der Waals surface area contributed by atoms with Crippen molar-refractivity contribution in [2.45, 2.75) is 144 Å². The number of ether oxygens (including phenoxy) is 6. The molecule has 11 unspecified atom stereocenters. The number of allylic oxidation sites excluding steroid dienone is 4. The number of cyclic esters (lactones) is 1. The molecule has 2 aliphatic rings. The van der Waals surface area contributed by atoms with Gasteiger partial charge in [0, 0.05) is 31.1 Å². The molecule has 11 atom stereocenters. The van der Waals surface area contributed by atoms with Gasteiger partial charge in [-0.1, -0.05) is 64.2 Å². The molecule has 0 aromatic carbocycles. The highest BCUT2D eigenvalue weighted by Gasteiger charge is 2.46. The number of carbonyl (C=O) groups excluding carboxylic acids is 1. The van der Waals surface area contributed by atoms with Crippen LogP contribution in [0.2, 0.25) is 0 Å². The summed E-state index contributed by atoms with van der Waals surface area (Å²) in [5.41, 5.74) is 0.0507. The molecule has 252 valence electrons. The van der Waals surface area contributed by atoms with E-state index in [4.69, 9.17) is 28.4 Å². The summed E-state index contributed by atoms with van der Waals surface area (Å²) in [4.78, 5) is 12.7. The predicted octanol–water partition coefficient (Wildman–Crippen LogP) is 7.07. The summed E-state index contributed by atoms with van der Waals surface area (Å²) >= 11 is 0. The summed E-state index contributed by atoms with van der Waals surface area (Å²) in [6.07, 6.45) is 14.5. The zero-order valence-corrected chi connectivity index (χ0v) is 28.9. The maximum atomic E-state index is 12.7. The summed E-state index contributed by atoms with van der Waals surface area (Å²) in [7, 11) is 0. The lowest BCUT2D eigenvalue weighted by Crippen LogP contribution is -2.44. The predicted molar refractivity (Wildman–Crippen MR) is 174 cm³/mol. The third-order valence-electron chi connectivity index (χ3n) is 8.59. The van der Waals surface area contributed by atoms with Crippen molar-refractivity contribution >= 4 is 5.97 Å². The van der Waals surface area contributed by atoms with E-state index in [0.29, 0.717) is 37.9 Å². The van der Waals surface area contributed by atoms with E-state index >= 15 is 0 Å². The van der Waals surface area contributed by atoms with Crippen LogP contribution in [0.4, 0.5) is 0 Å². The number of hydrogen-bond donors (Lipinski definition) is 1. The van der Waals surface area contributed by atoms with Crippen molar-refractivity contribution in [1.82, 2.24) is 0 Å². The third-order valence-corrected chi connectivity index (χ3v) is 8.59. The molecule has 8 nitrogen and oxygen atoms in total. The fraction of sp³-hybridized carbons (Fsp3) is 0.750. The molecular weight excluding hydrogens is 560 g/mol. The molecule has 1 fully saturated rings. The second-order valence-electron chi connectivity index (χ2n) is 12.6. The first kappa shape index (κ1) is 38.4. The number of esters is 1. The van der Waals surface area contributed by atoms with Crippen molar-refractivity contribution in [3.05, 3.63) is 48.1 Å². The molecule has 0 radical (unpaired) electrons. The summed E-state index contributed by atoms with van der Waals surface area (Å²) in [6, 6.07) is 0. The Morgan fingerprint density at radius 3 is 2.45 bits per heavy atom. The maximum absolute atomic E-state index is 12.7. The molecule has 0 bridgehead atoms. The van der Waals surface area contributed by atoms with Crippen molar-refractivity contribution in [3.8, 4) is 0 Å². The number of epoxide rings is 1. The largest absolute Gasteiger partial charge is 0.454 e. The molecule has 44 heavy (non-hydrogen) atoms. The topological polar surface area (TPSA) is 96.0 Å². The van der Waals surface area contributed by atoms with Gasteiger partial charge < -0.3 is 33.5 Å². The molecule has 0 aliphatic carbocycles. The lowest BCUT2D eigenvalue weighted by molar-refractivity contribution is -0.219. The van der Waals surface area contributed by atoms with E-state index in [-0.39, 0.29) is 36.5 Å². The maximum Gasteiger partial charge on any atom is 0.331 e. The average molecular weight is 621 g/mol. The molecule has 0 spiro atoms. The van der Waals surface area contributed by atoms with Crippen molar-refractivity contribution < 1.29 is 38.3 Å². The van der Waals surface area contributed by atoms with Gasteiger partial charge in [-0.25, -0.2) is 4.79 Å². The van der Waals surface area contributed by atoms with E-state index < -0.39 is 24.1 Å². The fourth-order valence-electron chi connectivity index (χ4n) is 5.91. The second-order valence-corrected chi connectivity index (χ2v) is 12.6. The van der Waals surface area contributed by atoms with E-state index in [1.165, 1.54) is 6.08 Å². The van der Waals surface area contributed by atoms with Crippen LogP contribution >= 0.6 is 0 Å². The molecule has 0 aromatic heterocycles. The third kappa shape index (κ3) is 12.5. The van der Waals surface area contributed by atoms with Crippen LogP contribution in [0, 0.1) is 17.8 Å². The van der Waals surface area contributed by atoms with Crippen LogP contribution in [0.1, 0.15) is 94.9 Å². The number of hydrogen-bond acceptors (Lipinski definition) is 8. The molecule has 0 amide bonds. The van der Waals surface area contributed by atoms with Gasteiger partial charge in [-0.05, 0) is 78.7 Å².